The molecule has 3 fully saturated rings. The molecule has 2 atom stereocenters. The Morgan fingerprint density at radius 1 is 0.886 bits per heavy atom. The van der Waals surface area contributed by atoms with Crippen LogP contribution in [0.3, 0.4) is 0 Å². The van der Waals surface area contributed by atoms with Gasteiger partial charge in [0.1, 0.15) is 5.82 Å². The van der Waals surface area contributed by atoms with Crippen molar-refractivity contribution in [3.63, 3.8) is 0 Å². The molecular formula is C26H38N6O2S. The average Bonchev–Trinajstić information content (AvgIpc) is 3.16. The van der Waals surface area contributed by atoms with E-state index < -0.39 is 10.0 Å². The lowest BCUT2D eigenvalue weighted by atomic mass is 10.1. The van der Waals surface area contributed by atoms with Crippen molar-refractivity contribution in [3.8, 4) is 0 Å². The number of aryl methyl sites for hydroxylation is 1. The normalized spacial score (nSPS) is 24.9. The van der Waals surface area contributed by atoms with Crippen molar-refractivity contribution in [3.05, 3.63) is 42.1 Å². The van der Waals surface area contributed by atoms with Crippen LogP contribution in [0.1, 0.15) is 50.5 Å². The number of piperidine rings is 1. The van der Waals surface area contributed by atoms with Crippen LogP contribution in [0.4, 0.5) is 11.8 Å². The third-order valence-corrected chi connectivity index (χ3v) is 9.54. The molecule has 0 radical (unpaired) electrons. The number of likely N-dealkylation sites (tertiary alicyclic amines) is 1. The monoisotopic (exact) mass is 498 g/mol. The summed E-state index contributed by atoms with van der Waals surface area (Å²) in [5.74, 6) is 1.72. The molecule has 0 bridgehead atoms. The summed E-state index contributed by atoms with van der Waals surface area (Å²) >= 11 is 0. The van der Waals surface area contributed by atoms with Gasteiger partial charge in [-0.15, -0.1) is 0 Å². The third-order valence-electron chi connectivity index (χ3n) is 7.66. The van der Waals surface area contributed by atoms with E-state index in [0.29, 0.717) is 23.9 Å². The van der Waals surface area contributed by atoms with Crippen LogP contribution in [0.25, 0.3) is 0 Å². The molecule has 3 aliphatic heterocycles. The van der Waals surface area contributed by atoms with Gasteiger partial charge in [0.25, 0.3) is 0 Å². The number of nitrogens with zero attached hydrogens (tertiary/aromatic N) is 5. The molecule has 0 amide bonds. The van der Waals surface area contributed by atoms with Gasteiger partial charge in [-0.1, -0.05) is 30.5 Å². The second kappa shape index (κ2) is 10.8. The first kappa shape index (κ1) is 24.5. The highest BCUT2D eigenvalue weighted by Gasteiger charge is 2.35. The fraction of sp³-hybridized carbons (Fsp3) is 0.615. The Morgan fingerprint density at radius 2 is 1.66 bits per heavy atom. The van der Waals surface area contributed by atoms with Crippen LogP contribution in [-0.2, 0) is 10.0 Å². The Morgan fingerprint density at radius 3 is 2.43 bits per heavy atom. The highest BCUT2D eigenvalue weighted by Crippen LogP contribution is 2.26. The van der Waals surface area contributed by atoms with Crippen LogP contribution in [0.5, 0.6) is 0 Å². The number of sulfonamides is 1. The predicted molar refractivity (Wildman–Crippen MR) is 139 cm³/mol. The lowest BCUT2D eigenvalue weighted by molar-refractivity contribution is 0.161. The smallest absolute Gasteiger partial charge is 0.243 e. The highest BCUT2D eigenvalue weighted by molar-refractivity contribution is 7.89. The van der Waals surface area contributed by atoms with Crippen molar-refractivity contribution in [1.82, 2.24) is 19.2 Å². The van der Waals surface area contributed by atoms with Gasteiger partial charge in [0.2, 0.25) is 16.0 Å². The van der Waals surface area contributed by atoms with E-state index >= 15 is 0 Å². The van der Waals surface area contributed by atoms with E-state index in [0.717, 1.165) is 56.8 Å². The molecule has 0 aliphatic carbocycles. The maximum atomic E-state index is 13.2. The van der Waals surface area contributed by atoms with Gasteiger partial charge >= 0.3 is 0 Å². The van der Waals surface area contributed by atoms with Crippen molar-refractivity contribution >= 4 is 21.8 Å². The number of rotatable bonds is 6. The van der Waals surface area contributed by atoms with Crippen molar-refractivity contribution in [1.29, 1.82) is 0 Å². The first-order chi connectivity index (χ1) is 17.0. The summed E-state index contributed by atoms with van der Waals surface area (Å²) in [5.41, 5.74) is 1.07. The van der Waals surface area contributed by atoms with Crippen LogP contribution >= 0.6 is 0 Å². The minimum atomic E-state index is -3.46. The SMILES string of the molecule is Cc1ccc(S(=O)(=O)N2CCCC(N3CCC(Nc4nccc(N5CCCCCC5)n4)C3)C2)cc1. The molecule has 9 heteroatoms. The van der Waals surface area contributed by atoms with E-state index in [1.807, 2.05) is 31.3 Å². The molecule has 0 saturated carbocycles. The molecule has 5 rings (SSSR count). The summed E-state index contributed by atoms with van der Waals surface area (Å²) in [6, 6.07) is 9.73. The molecule has 1 aromatic heterocycles. The largest absolute Gasteiger partial charge is 0.356 e. The van der Waals surface area contributed by atoms with Gasteiger partial charge in [-0.25, -0.2) is 13.4 Å². The summed E-state index contributed by atoms with van der Waals surface area (Å²) in [5, 5.41) is 3.56. The molecular weight excluding hydrogens is 460 g/mol. The van der Waals surface area contributed by atoms with E-state index in [9.17, 15) is 8.42 Å². The van der Waals surface area contributed by atoms with E-state index in [1.54, 1.807) is 16.4 Å². The van der Waals surface area contributed by atoms with Crippen LogP contribution in [0.15, 0.2) is 41.4 Å². The number of nitrogens with one attached hydrogen (secondary N) is 1. The van der Waals surface area contributed by atoms with Crippen LogP contribution in [-0.4, -0.2) is 78.9 Å². The number of anilines is 2. The third kappa shape index (κ3) is 5.78. The van der Waals surface area contributed by atoms with Crippen molar-refractivity contribution in [2.45, 2.75) is 68.8 Å². The number of aromatic nitrogens is 2. The summed E-state index contributed by atoms with van der Waals surface area (Å²) in [7, 11) is -3.46. The van der Waals surface area contributed by atoms with Crippen molar-refractivity contribution in [2.24, 2.45) is 0 Å². The Bertz CT molecular complexity index is 1090. The summed E-state index contributed by atoms with van der Waals surface area (Å²) < 4.78 is 28.1. The van der Waals surface area contributed by atoms with Crippen LogP contribution < -0.4 is 10.2 Å². The molecule has 190 valence electrons. The van der Waals surface area contributed by atoms with Gasteiger partial charge in [-0.3, -0.25) is 4.90 Å². The van der Waals surface area contributed by atoms with Crippen molar-refractivity contribution in [2.75, 3.05) is 49.5 Å². The molecule has 3 aliphatic rings. The Kier molecular flexibility index (Phi) is 7.55. The van der Waals surface area contributed by atoms with Gasteiger partial charge in [0.15, 0.2) is 0 Å². The maximum absolute atomic E-state index is 13.2. The predicted octanol–water partition coefficient (Wildman–Crippen LogP) is 3.50. The molecule has 2 aromatic rings. The standard InChI is InChI=1S/C26H38N6O2S/c1-21-8-10-24(11-9-21)35(33,34)32-17-6-7-23(20-32)31-18-13-22(19-31)28-26-27-14-12-25(29-26)30-15-4-2-3-5-16-30/h8-12,14,22-23H,2-7,13,15-20H2,1H3,(H,27,28,29). The van der Waals surface area contributed by atoms with E-state index in [4.69, 9.17) is 4.98 Å². The van der Waals surface area contributed by atoms with E-state index in [2.05, 4.69) is 20.1 Å². The molecule has 2 unspecified atom stereocenters. The Hall–Kier alpha value is -2.23. The number of benzene rings is 1. The molecule has 4 heterocycles. The van der Waals surface area contributed by atoms with Gasteiger partial charge < -0.3 is 10.2 Å². The Labute approximate surface area is 209 Å². The lowest BCUT2D eigenvalue weighted by Gasteiger charge is -2.37. The van der Waals surface area contributed by atoms with Crippen LogP contribution in [0.2, 0.25) is 0 Å². The minimum Gasteiger partial charge on any atom is -0.356 e. The maximum Gasteiger partial charge on any atom is 0.243 e. The Balaban J connectivity index is 1.19. The van der Waals surface area contributed by atoms with E-state index in [-0.39, 0.29) is 12.1 Å². The fourth-order valence-electron chi connectivity index (χ4n) is 5.61. The van der Waals surface area contributed by atoms with Crippen LogP contribution in [0, 0.1) is 6.92 Å². The first-order valence-electron chi connectivity index (χ1n) is 13.1. The number of hydrogen-bond donors (Lipinski definition) is 1. The second-order valence-corrected chi connectivity index (χ2v) is 12.2. The van der Waals surface area contributed by atoms with Gasteiger partial charge in [0, 0.05) is 57.5 Å². The van der Waals surface area contributed by atoms with E-state index in [1.165, 1.54) is 25.7 Å². The molecule has 0 spiro atoms. The highest BCUT2D eigenvalue weighted by atomic mass is 32.2. The average molecular weight is 499 g/mol. The fourth-order valence-corrected chi connectivity index (χ4v) is 7.13. The quantitative estimate of drug-likeness (QED) is 0.653. The van der Waals surface area contributed by atoms with Gasteiger partial charge in [0.05, 0.1) is 4.90 Å². The first-order valence-corrected chi connectivity index (χ1v) is 14.6. The zero-order valence-electron chi connectivity index (χ0n) is 20.8. The molecule has 1 N–H and O–H groups in total. The molecule has 3 saturated heterocycles. The van der Waals surface area contributed by atoms with Gasteiger partial charge in [-0.05, 0) is 57.2 Å². The topological polar surface area (TPSA) is 81.7 Å². The van der Waals surface area contributed by atoms with Gasteiger partial charge in [-0.2, -0.15) is 9.29 Å². The zero-order chi connectivity index (χ0) is 24.3. The lowest BCUT2D eigenvalue weighted by Crippen LogP contribution is -2.49. The second-order valence-electron chi connectivity index (χ2n) is 10.2. The molecule has 8 nitrogen and oxygen atoms in total. The number of hydrogen-bond acceptors (Lipinski definition) is 7. The molecule has 1 aromatic carbocycles. The minimum absolute atomic E-state index is 0.250. The zero-order valence-corrected chi connectivity index (χ0v) is 21.6. The summed E-state index contributed by atoms with van der Waals surface area (Å²) in [6.07, 6.45) is 9.85. The summed E-state index contributed by atoms with van der Waals surface area (Å²) in [4.78, 5) is 14.5. The molecule has 35 heavy (non-hydrogen) atoms. The van der Waals surface area contributed by atoms with Crippen molar-refractivity contribution < 1.29 is 8.42 Å². The summed E-state index contributed by atoms with van der Waals surface area (Å²) in [6.45, 7) is 7.12.